The van der Waals surface area contributed by atoms with Crippen molar-refractivity contribution < 1.29 is 24.2 Å². The van der Waals surface area contributed by atoms with Gasteiger partial charge in [0.05, 0.1) is 5.75 Å². The summed E-state index contributed by atoms with van der Waals surface area (Å²) < 4.78 is 10.8. The Morgan fingerprint density at radius 2 is 1.95 bits per heavy atom. The van der Waals surface area contributed by atoms with Crippen LogP contribution in [-0.4, -0.2) is 36.5 Å². The Hall–Kier alpha value is -1.69. The van der Waals surface area contributed by atoms with E-state index in [1.807, 2.05) is 0 Å². The molecule has 1 heterocycles. The molecule has 0 N–H and O–H groups in total. The Kier molecular flexibility index (Phi) is 4.68. The molecular formula is C13H13O5S-. The molecule has 102 valence electrons. The Labute approximate surface area is 114 Å². The molecule has 0 aromatic heterocycles. The third kappa shape index (κ3) is 3.89. The molecule has 2 rings (SSSR count). The standard InChI is InChI=1S/C13H14O5S/c14-10(8-19-6-3-13(15)16)9-1-2-11-12(7-9)18-5-4-17-11/h1-2,7H,3-6,8H2,(H,15,16)/p-1. The van der Waals surface area contributed by atoms with E-state index >= 15 is 0 Å². The van der Waals surface area contributed by atoms with E-state index in [0.29, 0.717) is 36.0 Å². The average Bonchev–Trinajstić information content (AvgIpc) is 2.42. The summed E-state index contributed by atoms with van der Waals surface area (Å²) in [5.74, 6) is 0.690. The molecule has 0 aliphatic carbocycles. The number of carbonyl (C=O) groups is 2. The summed E-state index contributed by atoms with van der Waals surface area (Å²) >= 11 is 1.28. The zero-order valence-electron chi connectivity index (χ0n) is 10.2. The first-order valence-corrected chi connectivity index (χ1v) is 7.03. The first-order chi connectivity index (χ1) is 9.16. The van der Waals surface area contributed by atoms with Crippen LogP contribution in [0.15, 0.2) is 18.2 Å². The first kappa shape index (κ1) is 13.7. The van der Waals surface area contributed by atoms with Crippen molar-refractivity contribution in [2.45, 2.75) is 6.42 Å². The number of carbonyl (C=O) groups excluding carboxylic acids is 2. The lowest BCUT2D eigenvalue weighted by molar-refractivity contribution is -0.305. The monoisotopic (exact) mass is 281 g/mol. The van der Waals surface area contributed by atoms with Gasteiger partial charge in [0.1, 0.15) is 13.2 Å². The largest absolute Gasteiger partial charge is 0.550 e. The summed E-state index contributed by atoms with van der Waals surface area (Å²) in [6, 6.07) is 5.07. The molecule has 1 aromatic rings. The molecule has 0 fully saturated rings. The van der Waals surface area contributed by atoms with Crippen LogP contribution in [-0.2, 0) is 4.79 Å². The molecule has 0 bridgehead atoms. The van der Waals surface area contributed by atoms with Crippen LogP contribution in [0, 0.1) is 0 Å². The molecule has 0 saturated carbocycles. The first-order valence-electron chi connectivity index (χ1n) is 5.87. The molecule has 1 aromatic carbocycles. The molecule has 1 aliphatic rings. The summed E-state index contributed by atoms with van der Waals surface area (Å²) in [5, 5.41) is 10.2. The van der Waals surface area contributed by atoms with Crippen LogP contribution in [0.25, 0.3) is 0 Å². The SMILES string of the molecule is O=C([O-])CCSCC(=O)c1ccc2c(c1)OCCO2. The molecule has 1 aliphatic heterocycles. The molecule has 0 saturated heterocycles. The summed E-state index contributed by atoms with van der Waals surface area (Å²) in [6.07, 6.45) is -0.0426. The number of hydrogen-bond donors (Lipinski definition) is 0. The van der Waals surface area contributed by atoms with Gasteiger partial charge in [0, 0.05) is 11.5 Å². The number of ether oxygens (including phenoxy) is 2. The summed E-state index contributed by atoms with van der Waals surface area (Å²) in [6.45, 7) is 0.990. The van der Waals surface area contributed by atoms with Gasteiger partial charge in [0.2, 0.25) is 0 Å². The second kappa shape index (κ2) is 6.47. The van der Waals surface area contributed by atoms with Gasteiger partial charge in [-0.05, 0) is 30.4 Å². The van der Waals surface area contributed by atoms with Crippen molar-refractivity contribution in [2.75, 3.05) is 24.7 Å². The average molecular weight is 281 g/mol. The number of ketones is 1. The van der Waals surface area contributed by atoms with Crippen LogP contribution < -0.4 is 14.6 Å². The minimum Gasteiger partial charge on any atom is -0.550 e. The van der Waals surface area contributed by atoms with Crippen LogP contribution >= 0.6 is 11.8 Å². The van der Waals surface area contributed by atoms with Gasteiger partial charge < -0.3 is 19.4 Å². The van der Waals surface area contributed by atoms with E-state index < -0.39 is 5.97 Å². The molecule has 19 heavy (non-hydrogen) atoms. The highest BCUT2D eigenvalue weighted by Gasteiger charge is 2.14. The summed E-state index contributed by atoms with van der Waals surface area (Å²) in [5.41, 5.74) is 0.546. The number of thioether (sulfide) groups is 1. The van der Waals surface area contributed by atoms with E-state index in [0.717, 1.165) is 0 Å². The predicted molar refractivity (Wildman–Crippen MR) is 68.7 cm³/mol. The van der Waals surface area contributed by atoms with Crippen molar-refractivity contribution in [1.29, 1.82) is 0 Å². The van der Waals surface area contributed by atoms with Gasteiger partial charge in [0.25, 0.3) is 0 Å². The van der Waals surface area contributed by atoms with Crippen LogP contribution in [0.5, 0.6) is 11.5 Å². The Morgan fingerprint density at radius 1 is 1.21 bits per heavy atom. The fourth-order valence-corrected chi connectivity index (χ4v) is 2.43. The molecule has 0 spiro atoms. The number of aliphatic carboxylic acids is 1. The van der Waals surface area contributed by atoms with E-state index in [1.165, 1.54) is 11.8 Å². The van der Waals surface area contributed by atoms with Gasteiger partial charge in [-0.3, -0.25) is 4.79 Å². The molecule has 0 radical (unpaired) electrons. The molecular weight excluding hydrogens is 268 g/mol. The lowest BCUT2D eigenvalue weighted by Gasteiger charge is -2.18. The summed E-state index contributed by atoms with van der Waals surface area (Å²) in [7, 11) is 0. The smallest absolute Gasteiger partial charge is 0.172 e. The zero-order valence-corrected chi connectivity index (χ0v) is 11.0. The van der Waals surface area contributed by atoms with Crippen molar-refractivity contribution >= 4 is 23.5 Å². The highest BCUT2D eigenvalue weighted by atomic mass is 32.2. The Balaban J connectivity index is 1.90. The van der Waals surface area contributed by atoms with E-state index in [9.17, 15) is 14.7 Å². The van der Waals surface area contributed by atoms with Crippen LogP contribution in [0.2, 0.25) is 0 Å². The van der Waals surface area contributed by atoms with Crippen molar-refractivity contribution in [3.05, 3.63) is 23.8 Å². The maximum Gasteiger partial charge on any atom is 0.172 e. The van der Waals surface area contributed by atoms with Gasteiger partial charge in [-0.25, -0.2) is 0 Å². The molecule has 0 unspecified atom stereocenters. The number of hydrogen-bond acceptors (Lipinski definition) is 6. The van der Waals surface area contributed by atoms with E-state index in [4.69, 9.17) is 9.47 Å². The zero-order chi connectivity index (χ0) is 13.7. The number of rotatable bonds is 6. The van der Waals surface area contributed by atoms with E-state index in [1.54, 1.807) is 18.2 Å². The minimum atomic E-state index is -1.10. The lowest BCUT2D eigenvalue weighted by Crippen LogP contribution is -2.22. The highest BCUT2D eigenvalue weighted by molar-refractivity contribution is 8.00. The quantitative estimate of drug-likeness (QED) is 0.559. The number of carboxylic acid groups (broad SMARTS) is 1. The molecule has 0 amide bonds. The molecule has 0 atom stereocenters. The fraction of sp³-hybridized carbons (Fsp3) is 0.385. The van der Waals surface area contributed by atoms with Gasteiger partial charge in [-0.15, -0.1) is 0 Å². The Bertz CT molecular complexity index is 486. The topological polar surface area (TPSA) is 75.7 Å². The summed E-state index contributed by atoms with van der Waals surface area (Å²) in [4.78, 5) is 22.1. The van der Waals surface area contributed by atoms with Crippen LogP contribution in [0.1, 0.15) is 16.8 Å². The number of Topliss-reactive ketones (excluding diaryl/α,β-unsaturated/α-hetero) is 1. The predicted octanol–water partition coefficient (Wildman–Crippen LogP) is 0.514. The van der Waals surface area contributed by atoms with Crippen molar-refractivity contribution in [3.8, 4) is 11.5 Å². The van der Waals surface area contributed by atoms with E-state index in [2.05, 4.69) is 0 Å². The van der Waals surface area contributed by atoms with Gasteiger partial charge in [0.15, 0.2) is 17.3 Å². The molecule has 6 heteroatoms. The van der Waals surface area contributed by atoms with Crippen LogP contribution in [0.4, 0.5) is 0 Å². The molecule has 5 nitrogen and oxygen atoms in total. The van der Waals surface area contributed by atoms with E-state index in [-0.39, 0.29) is 18.0 Å². The normalized spacial score (nSPS) is 13.1. The lowest BCUT2D eigenvalue weighted by atomic mass is 10.1. The second-order valence-electron chi connectivity index (χ2n) is 3.96. The van der Waals surface area contributed by atoms with Crippen molar-refractivity contribution in [2.24, 2.45) is 0 Å². The fourth-order valence-electron chi connectivity index (χ4n) is 1.62. The maximum atomic E-state index is 11.9. The highest BCUT2D eigenvalue weighted by Crippen LogP contribution is 2.31. The second-order valence-corrected chi connectivity index (χ2v) is 5.06. The number of carboxylic acids is 1. The van der Waals surface area contributed by atoms with Crippen molar-refractivity contribution in [1.82, 2.24) is 0 Å². The number of fused-ring (bicyclic) bond motifs is 1. The minimum absolute atomic E-state index is 0.0426. The third-order valence-corrected chi connectivity index (χ3v) is 3.51. The van der Waals surface area contributed by atoms with Gasteiger partial charge >= 0.3 is 0 Å². The Morgan fingerprint density at radius 3 is 2.68 bits per heavy atom. The van der Waals surface area contributed by atoms with Crippen LogP contribution in [0.3, 0.4) is 0 Å². The number of benzene rings is 1. The van der Waals surface area contributed by atoms with Crippen molar-refractivity contribution in [3.63, 3.8) is 0 Å². The van der Waals surface area contributed by atoms with Gasteiger partial charge in [-0.1, -0.05) is 0 Å². The third-order valence-electron chi connectivity index (χ3n) is 2.55. The van der Waals surface area contributed by atoms with Gasteiger partial charge in [-0.2, -0.15) is 11.8 Å². The maximum absolute atomic E-state index is 11.9.